The molecule has 0 radical (unpaired) electrons. The van der Waals surface area contributed by atoms with Gasteiger partial charge in [0, 0.05) is 24.2 Å². The van der Waals surface area contributed by atoms with Crippen molar-refractivity contribution in [2.45, 2.75) is 62.4 Å². The minimum atomic E-state index is -1.27. The predicted octanol–water partition coefficient (Wildman–Crippen LogP) is 3.61. The highest BCUT2D eigenvalue weighted by atomic mass is 19.1. The number of halogens is 1. The lowest BCUT2D eigenvalue weighted by Crippen LogP contribution is -2.28. The molecule has 1 atom stereocenters. The molecule has 0 amide bonds. The van der Waals surface area contributed by atoms with Crippen LogP contribution in [0.2, 0.25) is 0 Å². The van der Waals surface area contributed by atoms with Crippen LogP contribution in [-0.2, 0) is 28.2 Å². The first-order valence-corrected chi connectivity index (χ1v) is 10.4. The smallest absolute Gasteiger partial charge is 0.154 e. The molecule has 1 aromatic carbocycles. The highest BCUT2D eigenvalue weighted by molar-refractivity contribution is 5.73. The average molecular weight is 397 g/mol. The van der Waals surface area contributed by atoms with Gasteiger partial charge in [0.05, 0.1) is 24.9 Å². The first-order valence-electron chi connectivity index (χ1n) is 10.4. The number of aromatic nitrogens is 2. The molecule has 4 aliphatic rings. The van der Waals surface area contributed by atoms with Crippen LogP contribution in [0.25, 0.3) is 11.3 Å². The number of alkyl halides is 1. The van der Waals surface area contributed by atoms with Crippen molar-refractivity contribution in [2.75, 3.05) is 18.5 Å². The molecule has 2 aliphatic carbocycles. The molecule has 2 N–H and O–H groups in total. The van der Waals surface area contributed by atoms with Gasteiger partial charge in [-0.1, -0.05) is 6.07 Å². The molecule has 6 nitrogen and oxygen atoms in total. The third kappa shape index (κ3) is 2.99. The van der Waals surface area contributed by atoms with E-state index in [1.807, 2.05) is 0 Å². The zero-order chi connectivity index (χ0) is 19.6. The fourth-order valence-corrected chi connectivity index (χ4v) is 4.49. The van der Waals surface area contributed by atoms with Crippen molar-refractivity contribution < 1.29 is 19.0 Å². The van der Waals surface area contributed by atoms with Crippen LogP contribution in [0, 0.1) is 0 Å². The summed E-state index contributed by atoms with van der Waals surface area (Å²) in [4.78, 5) is 0. The standard InChI is InChI=1S/C22H24FN3O3/c23-22(6-7-22)13-1-2-15(18(27)9-13)19-16-10-21(4-5-21)29-12-17(16)20(26-25-19)24-14-3-8-28-11-14/h1-2,9,14,27H,3-8,10-12H2,(H,24,26)/t14-/m1/s1. The van der Waals surface area contributed by atoms with E-state index in [4.69, 9.17) is 9.47 Å². The highest BCUT2D eigenvalue weighted by Crippen LogP contribution is 2.52. The summed E-state index contributed by atoms with van der Waals surface area (Å²) < 4.78 is 26.0. The fourth-order valence-electron chi connectivity index (χ4n) is 4.49. The van der Waals surface area contributed by atoms with Crippen molar-refractivity contribution in [3.63, 3.8) is 0 Å². The number of benzene rings is 1. The number of nitrogens with zero attached hydrogens (tertiary/aromatic N) is 2. The number of phenolic OH excluding ortho intramolecular Hbond substituents is 1. The second kappa shape index (κ2) is 6.12. The lowest BCUT2D eigenvalue weighted by molar-refractivity contribution is 0.00832. The number of rotatable bonds is 4. The number of hydrogen-bond donors (Lipinski definition) is 2. The molecule has 1 spiro atoms. The van der Waals surface area contributed by atoms with E-state index >= 15 is 0 Å². The summed E-state index contributed by atoms with van der Waals surface area (Å²) in [6, 6.07) is 5.32. The quantitative estimate of drug-likeness (QED) is 0.821. The number of anilines is 1. The third-order valence-corrected chi connectivity index (χ3v) is 6.75. The van der Waals surface area contributed by atoms with Crippen molar-refractivity contribution in [1.29, 1.82) is 0 Å². The van der Waals surface area contributed by atoms with Gasteiger partial charge in [0.15, 0.2) is 5.82 Å². The first-order chi connectivity index (χ1) is 14.1. The largest absolute Gasteiger partial charge is 0.507 e. The molecular formula is C22H24FN3O3. The maximum atomic E-state index is 14.4. The Hall–Kier alpha value is -2.25. The molecule has 7 heteroatoms. The molecule has 2 saturated carbocycles. The Kier molecular flexibility index (Phi) is 3.72. The summed E-state index contributed by atoms with van der Waals surface area (Å²) in [6.45, 7) is 1.90. The summed E-state index contributed by atoms with van der Waals surface area (Å²) >= 11 is 0. The topological polar surface area (TPSA) is 76.5 Å². The summed E-state index contributed by atoms with van der Waals surface area (Å²) in [5.41, 5.74) is 2.55. The number of nitrogens with one attached hydrogen (secondary N) is 1. The lowest BCUT2D eigenvalue weighted by Gasteiger charge is -2.28. The van der Waals surface area contributed by atoms with Crippen LogP contribution in [0.15, 0.2) is 18.2 Å². The highest BCUT2D eigenvalue weighted by Gasteiger charge is 2.48. The van der Waals surface area contributed by atoms with Gasteiger partial charge in [-0.3, -0.25) is 0 Å². The number of phenols is 1. The molecular weight excluding hydrogens is 373 g/mol. The van der Waals surface area contributed by atoms with Crippen LogP contribution < -0.4 is 5.32 Å². The van der Waals surface area contributed by atoms with Gasteiger partial charge in [-0.25, -0.2) is 4.39 Å². The van der Waals surface area contributed by atoms with Gasteiger partial charge in [0.2, 0.25) is 0 Å². The molecule has 6 rings (SSSR count). The van der Waals surface area contributed by atoms with Crippen molar-refractivity contribution in [2.24, 2.45) is 0 Å². The van der Waals surface area contributed by atoms with E-state index in [1.165, 1.54) is 0 Å². The van der Waals surface area contributed by atoms with Crippen LogP contribution in [0.3, 0.4) is 0 Å². The Bertz CT molecular complexity index is 982. The minimum absolute atomic E-state index is 0.0594. The van der Waals surface area contributed by atoms with Gasteiger partial charge in [-0.2, -0.15) is 0 Å². The van der Waals surface area contributed by atoms with E-state index < -0.39 is 5.67 Å². The second-order valence-corrected chi connectivity index (χ2v) is 8.90. The van der Waals surface area contributed by atoms with Gasteiger partial charge < -0.3 is 19.9 Å². The zero-order valence-corrected chi connectivity index (χ0v) is 16.2. The molecule has 2 aromatic rings. The molecule has 0 bridgehead atoms. The normalized spacial score (nSPS) is 25.6. The molecule has 0 unspecified atom stereocenters. The maximum absolute atomic E-state index is 14.4. The molecule has 3 heterocycles. The van der Waals surface area contributed by atoms with Crippen LogP contribution in [-0.4, -0.2) is 40.2 Å². The van der Waals surface area contributed by atoms with E-state index in [-0.39, 0.29) is 17.4 Å². The Labute approximate surface area is 168 Å². The van der Waals surface area contributed by atoms with Gasteiger partial charge >= 0.3 is 0 Å². The number of ether oxygens (including phenoxy) is 2. The Morgan fingerprint density at radius 2 is 2.00 bits per heavy atom. The molecule has 1 aromatic heterocycles. The Balaban J connectivity index is 1.41. The molecule has 3 fully saturated rings. The first kappa shape index (κ1) is 17.6. The van der Waals surface area contributed by atoms with Crippen LogP contribution >= 0.6 is 0 Å². The van der Waals surface area contributed by atoms with Crippen LogP contribution in [0.4, 0.5) is 10.2 Å². The Morgan fingerprint density at radius 1 is 1.14 bits per heavy atom. The van der Waals surface area contributed by atoms with E-state index in [0.29, 0.717) is 42.9 Å². The summed E-state index contributed by atoms with van der Waals surface area (Å²) in [7, 11) is 0. The summed E-state index contributed by atoms with van der Waals surface area (Å²) in [6.07, 6.45) is 4.83. The number of aromatic hydroxyl groups is 1. The monoisotopic (exact) mass is 397 g/mol. The summed E-state index contributed by atoms with van der Waals surface area (Å²) in [5.74, 6) is 0.802. The average Bonchev–Trinajstić information content (AvgIpc) is 3.60. The number of fused-ring (bicyclic) bond motifs is 1. The van der Waals surface area contributed by atoms with Gasteiger partial charge in [0.1, 0.15) is 17.1 Å². The number of hydrogen-bond acceptors (Lipinski definition) is 6. The maximum Gasteiger partial charge on any atom is 0.154 e. The lowest BCUT2D eigenvalue weighted by atomic mass is 9.92. The Morgan fingerprint density at radius 3 is 2.69 bits per heavy atom. The van der Waals surface area contributed by atoms with Crippen molar-refractivity contribution in [3.05, 3.63) is 34.9 Å². The van der Waals surface area contributed by atoms with Crippen LogP contribution in [0.5, 0.6) is 5.75 Å². The zero-order valence-electron chi connectivity index (χ0n) is 16.2. The van der Waals surface area contributed by atoms with E-state index in [9.17, 15) is 9.50 Å². The van der Waals surface area contributed by atoms with Crippen molar-refractivity contribution in [1.82, 2.24) is 10.2 Å². The van der Waals surface area contributed by atoms with Gasteiger partial charge in [-0.05, 0) is 55.4 Å². The van der Waals surface area contributed by atoms with Crippen molar-refractivity contribution in [3.8, 4) is 17.0 Å². The van der Waals surface area contributed by atoms with E-state index in [0.717, 1.165) is 49.2 Å². The molecule has 2 aliphatic heterocycles. The van der Waals surface area contributed by atoms with Crippen LogP contribution in [0.1, 0.15) is 48.8 Å². The second-order valence-electron chi connectivity index (χ2n) is 8.90. The fraction of sp³-hybridized carbons (Fsp3) is 0.545. The summed E-state index contributed by atoms with van der Waals surface area (Å²) in [5, 5.41) is 23.1. The minimum Gasteiger partial charge on any atom is -0.507 e. The van der Waals surface area contributed by atoms with E-state index in [1.54, 1.807) is 18.2 Å². The SMILES string of the molecule is Oc1cc(C2(F)CC2)ccc1-c1nnc(N[C@@H]2CCOC2)c2c1CC1(CC1)OC2. The molecule has 1 saturated heterocycles. The molecule has 29 heavy (non-hydrogen) atoms. The van der Waals surface area contributed by atoms with Crippen molar-refractivity contribution >= 4 is 5.82 Å². The van der Waals surface area contributed by atoms with Gasteiger partial charge in [-0.15, -0.1) is 10.2 Å². The third-order valence-electron chi connectivity index (χ3n) is 6.75. The van der Waals surface area contributed by atoms with Gasteiger partial charge in [0.25, 0.3) is 0 Å². The van der Waals surface area contributed by atoms with E-state index in [2.05, 4.69) is 15.5 Å². The predicted molar refractivity (Wildman–Crippen MR) is 104 cm³/mol. The molecule has 152 valence electrons.